The lowest BCUT2D eigenvalue weighted by molar-refractivity contribution is -0.118. The number of para-hydroxylation sites is 1. The highest BCUT2D eigenvalue weighted by molar-refractivity contribution is 5.96. The van der Waals surface area contributed by atoms with Crippen molar-refractivity contribution in [1.29, 1.82) is 0 Å². The molecule has 3 rings (SSSR count). The second-order valence-electron chi connectivity index (χ2n) is 6.91. The number of anilines is 1. The van der Waals surface area contributed by atoms with E-state index in [2.05, 4.69) is 15.8 Å². The molecule has 0 radical (unpaired) electrons. The van der Waals surface area contributed by atoms with E-state index in [1.54, 1.807) is 30.5 Å². The summed E-state index contributed by atoms with van der Waals surface area (Å²) >= 11 is 0. The lowest BCUT2D eigenvalue weighted by Crippen LogP contribution is -2.19. The van der Waals surface area contributed by atoms with Gasteiger partial charge in [-0.25, -0.2) is 5.43 Å². The van der Waals surface area contributed by atoms with Crippen LogP contribution in [0.3, 0.4) is 0 Å². The van der Waals surface area contributed by atoms with Crippen molar-refractivity contribution in [1.82, 2.24) is 5.43 Å². The number of hydrogen-bond donors (Lipinski definition) is 2. The highest BCUT2D eigenvalue weighted by Crippen LogP contribution is 2.21. The van der Waals surface area contributed by atoms with Crippen LogP contribution in [0.5, 0.6) is 11.5 Å². The fraction of sp³-hybridized carbons (Fsp3) is 0.125. The molecule has 2 N–H and O–H groups in total. The smallest absolute Gasteiger partial charge is 0.271 e. The van der Waals surface area contributed by atoms with Gasteiger partial charge in [0.25, 0.3) is 5.91 Å². The van der Waals surface area contributed by atoms with E-state index in [4.69, 9.17) is 4.74 Å². The van der Waals surface area contributed by atoms with Crippen molar-refractivity contribution in [2.24, 2.45) is 11.0 Å². The second kappa shape index (κ2) is 10.0. The molecule has 0 aliphatic carbocycles. The molecule has 0 bridgehead atoms. The molecular weight excluding hydrogens is 378 g/mol. The van der Waals surface area contributed by atoms with Crippen molar-refractivity contribution < 1.29 is 14.3 Å². The summed E-state index contributed by atoms with van der Waals surface area (Å²) in [5, 5.41) is 6.79. The Morgan fingerprint density at radius 2 is 1.60 bits per heavy atom. The van der Waals surface area contributed by atoms with Gasteiger partial charge in [0.15, 0.2) is 0 Å². The zero-order chi connectivity index (χ0) is 21.3. The molecule has 3 aromatic carbocycles. The van der Waals surface area contributed by atoms with Gasteiger partial charge in [0.1, 0.15) is 11.5 Å². The van der Waals surface area contributed by atoms with E-state index in [9.17, 15) is 9.59 Å². The van der Waals surface area contributed by atoms with E-state index in [1.165, 1.54) is 0 Å². The molecule has 3 aromatic rings. The lowest BCUT2D eigenvalue weighted by Gasteiger charge is -2.08. The molecule has 6 nitrogen and oxygen atoms in total. The van der Waals surface area contributed by atoms with Gasteiger partial charge in [-0.2, -0.15) is 5.10 Å². The zero-order valence-corrected chi connectivity index (χ0v) is 16.8. The Morgan fingerprint density at radius 3 is 2.30 bits per heavy atom. The van der Waals surface area contributed by atoms with E-state index in [-0.39, 0.29) is 17.7 Å². The number of ether oxygens (including phenoxy) is 1. The Morgan fingerprint density at radius 1 is 0.900 bits per heavy atom. The Hall–Kier alpha value is -3.93. The summed E-state index contributed by atoms with van der Waals surface area (Å²) in [6, 6.07) is 23.5. The number of carbonyl (C=O) groups is 2. The molecular formula is C24H23N3O3. The first-order valence-corrected chi connectivity index (χ1v) is 9.58. The number of carbonyl (C=O) groups excluding carboxylic acids is 2. The minimum Gasteiger partial charge on any atom is -0.457 e. The summed E-state index contributed by atoms with van der Waals surface area (Å²) in [5.41, 5.74) is 4.37. The van der Waals surface area contributed by atoms with Crippen LogP contribution in [-0.4, -0.2) is 18.0 Å². The van der Waals surface area contributed by atoms with Crippen molar-refractivity contribution in [3.63, 3.8) is 0 Å². The molecule has 6 heteroatoms. The maximum Gasteiger partial charge on any atom is 0.271 e. The fourth-order valence-electron chi connectivity index (χ4n) is 2.50. The third-order valence-corrected chi connectivity index (χ3v) is 4.16. The van der Waals surface area contributed by atoms with Gasteiger partial charge in [0, 0.05) is 17.2 Å². The van der Waals surface area contributed by atoms with Crippen LogP contribution in [0.15, 0.2) is 84.0 Å². The quantitative estimate of drug-likeness (QED) is 0.439. The first-order valence-electron chi connectivity index (χ1n) is 9.58. The number of nitrogens with one attached hydrogen (secondary N) is 2. The van der Waals surface area contributed by atoms with Crippen molar-refractivity contribution >= 4 is 23.7 Å². The van der Waals surface area contributed by atoms with Crippen molar-refractivity contribution in [2.75, 3.05) is 5.32 Å². The topological polar surface area (TPSA) is 79.8 Å². The highest BCUT2D eigenvalue weighted by atomic mass is 16.5. The molecule has 30 heavy (non-hydrogen) atoms. The van der Waals surface area contributed by atoms with Crippen LogP contribution in [0, 0.1) is 5.92 Å². The maximum atomic E-state index is 12.2. The minimum absolute atomic E-state index is 0.0738. The first-order chi connectivity index (χ1) is 14.5. The highest BCUT2D eigenvalue weighted by Gasteiger charge is 2.08. The van der Waals surface area contributed by atoms with Gasteiger partial charge in [-0.15, -0.1) is 0 Å². The Labute approximate surface area is 175 Å². The van der Waals surface area contributed by atoms with Crippen LogP contribution in [-0.2, 0) is 4.79 Å². The molecule has 152 valence electrons. The Kier molecular flexibility index (Phi) is 6.95. The number of nitrogens with zero attached hydrogens (tertiary/aromatic N) is 1. The Balaban J connectivity index is 1.56. The van der Waals surface area contributed by atoms with Gasteiger partial charge in [-0.3, -0.25) is 9.59 Å². The minimum atomic E-state index is -0.343. The fourth-order valence-corrected chi connectivity index (χ4v) is 2.50. The third kappa shape index (κ3) is 6.04. The molecule has 0 unspecified atom stereocenters. The van der Waals surface area contributed by atoms with Crippen LogP contribution >= 0.6 is 0 Å². The average molecular weight is 401 g/mol. The normalized spacial score (nSPS) is 10.8. The predicted molar refractivity (Wildman–Crippen MR) is 118 cm³/mol. The largest absolute Gasteiger partial charge is 0.457 e. The van der Waals surface area contributed by atoms with Crippen LogP contribution in [0.25, 0.3) is 0 Å². The van der Waals surface area contributed by atoms with Gasteiger partial charge in [-0.05, 0) is 54.1 Å². The molecule has 0 spiro atoms. The third-order valence-electron chi connectivity index (χ3n) is 4.16. The molecule has 0 fully saturated rings. The molecule has 0 atom stereocenters. The number of hydrazone groups is 1. The standard InChI is InChI=1S/C24H23N3O3/c1-17(2)23(28)26-20-13-11-19(12-14-20)24(29)27-25-16-18-7-6-10-22(15-18)30-21-8-4-3-5-9-21/h3-17H,1-2H3,(H,26,28)(H,27,29)/b25-16+. The summed E-state index contributed by atoms with van der Waals surface area (Å²) < 4.78 is 5.79. The number of benzene rings is 3. The van der Waals surface area contributed by atoms with Gasteiger partial charge < -0.3 is 10.1 Å². The van der Waals surface area contributed by atoms with E-state index in [1.807, 2.05) is 68.4 Å². The van der Waals surface area contributed by atoms with Gasteiger partial charge in [0.2, 0.25) is 5.91 Å². The van der Waals surface area contributed by atoms with Gasteiger partial charge in [-0.1, -0.05) is 44.2 Å². The molecule has 0 aromatic heterocycles. The van der Waals surface area contributed by atoms with Crippen LogP contribution < -0.4 is 15.5 Å². The molecule has 2 amide bonds. The van der Waals surface area contributed by atoms with E-state index in [0.717, 1.165) is 11.3 Å². The summed E-state index contributed by atoms with van der Waals surface area (Å²) in [4.78, 5) is 24.0. The molecule has 0 saturated heterocycles. The summed E-state index contributed by atoms with van der Waals surface area (Å²) in [6.07, 6.45) is 1.55. The van der Waals surface area contributed by atoms with Crippen LogP contribution in [0.2, 0.25) is 0 Å². The second-order valence-corrected chi connectivity index (χ2v) is 6.91. The van der Waals surface area contributed by atoms with Crippen molar-refractivity contribution in [2.45, 2.75) is 13.8 Å². The number of rotatable bonds is 7. The maximum absolute atomic E-state index is 12.2. The summed E-state index contributed by atoms with van der Waals surface area (Å²) in [6.45, 7) is 3.64. The van der Waals surface area contributed by atoms with Crippen LogP contribution in [0.1, 0.15) is 29.8 Å². The predicted octanol–water partition coefficient (Wildman–Crippen LogP) is 4.84. The van der Waals surface area contributed by atoms with E-state index >= 15 is 0 Å². The molecule has 0 aliphatic heterocycles. The number of amides is 2. The van der Waals surface area contributed by atoms with Crippen LogP contribution in [0.4, 0.5) is 5.69 Å². The molecule has 0 heterocycles. The van der Waals surface area contributed by atoms with E-state index in [0.29, 0.717) is 17.0 Å². The number of hydrogen-bond acceptors (Lipinski definition) is 4. The Bertz CT molecular complexity index is 1030. The monoisotopic (exact) mass is 401 g/mol. The van der Waals surface area contributed by atoms with Crippen molar-refractivity contribution in [3.05, 3.63) is 90.0 Å². The molecule has 0 saturated carbocycles. The summed E-state index contributed by atoms with van der Waals surface area (Å²) in [7, 11) is 0. The lowest BCUT2D eigenvalue weighted by atomic mass is 10.1. The van der Waals surface area contributed by atoms with E-state index < -0.39 is 0 Å². The van der Waals surface area contributed by atoms with Gasteiger partial charge in [0.05, 0.1) is 6.21 Å². The SMILES string of the molecule is CC(C)C(=O)Nc1ccc(C(=O)N/N=C/c2cccc(Oc3ccccc3)c2)cc1. The first kappa shape index (κ1) is 20.8. The molecule has 0 aliphatic rings. The van der Waals surface area contributed by atoms with Gasteiger partial charge >= 0.3 is 0 Å². The average Bonchev–Trinajstić information content (AvgIpc) is 2.75. The zero-order valence-electron chi connectivity index (χ0n) is 16.8. The summed E-state index contributed by atoms with van der Waals surface area (Å²) in [5.74, 6) is 0.891. The van der Waals surface area contributed by atoms with Crippen molar-refractivity contribution in [3.8, 4) is 11.5 Å².